The van der Waals surface area contributed by atoms with Crippen molar-refractivity contribution >= 4 is 5.57 Å². The summed E-state index contributed by atoms with van der Waals surface area (Å²) in [5, 5.41) is 0. The molecule has 0 aromatic heterocycles. The lowest BCUT2D eigenvalue weighted by molar-refractivity contribution is -0.149. The Labute approximate surface area is 185 Å². The maximum Gasteiger partial charge on any atom is 0.339 e. The summed E-state index contributed by atoms with van der Waals surface area (Å²) in [4.78, 5) is 0. The van der Waals surface area contributed by atoms with Gasteiger partial charge >= 0.3 is 11.8 Å². The van der Waals surface area contributed by atoms with E-state index in [0.29, 0.717) is 0 Å². The van der Waals surface area contributed by atoms with Crippen molar-refractivity contribution in [1.82, 2.24) is 0 Å². The van der Waals surface area contributed by atoms with Crippen LogP contribution in [0.15, 0.2) is 90.5 Å². The van der Waals surface area contributed by atoms with Gasteiger partial charge < -0.3 is 0 Å². The number of halogens is 4. The third-order valence-corrected chi connectivity index (χ3v) is 5.97. The Morgan fingerprint density at radius 1 is 0.531 bits per heavy atom. The average molecular weight is 436 g/mol. The zero-order valence-corrected chi connectivity index (χ0v) is 18.0. The molecule has 0 nitrogen and oxygen atoms in total. The smallest absolute Gasteiger partial charge is 0.194 e. The van der Waals surface area contributed by atoms with Gasteiger partial charge in [-0.05, 0) is 48.9 Å². The number of benzene rings is 3. The van der Waals surface area contributed by atoms with Gasteiger partial charge in [-0.3, -0.25) is 0 Å². The first-order valence-electron chi connectivity index (χ1n) is 10.6. The van der Waals surface area contributed by atoms with E-state index in [1.807, 2.05) is 62.4 Å². The van der Waals surface area contributed by atoms with Crippen molar-refractivity contribution in [2.24, 2.45) is 0 Å². The Kier molecular flexibility index (Phi) is 5.81. The van der Waals surface area contributed by atoms with Crippen molar-refractivity contribution in [2.45, 2.75) is 38.5 Å². The Morgan fingerprint density at radius 2 is 1.00 bits per heavy atom. The monoisotopic (exact) mass is 436 g/mol. The molecule has 0 aliphatic heterocycles. The Hall–Kier alpha value is -3.14. The fourth-order valence-electron chi connectivity index (χ4n) is 3.90. The van der Waals surface area contributed by atoms with Crippen LogP contribution in [-0.4, -0.2) is 11.8 Å². The van der Waals surface area contributed by atoms with Crippen LogP contribution in [0, 0.1) is 13.8 Å². The minimum Gasteiger partial charge on any atom is -0.194 e. The normalized spacial score (nSPS) is 16.9. The minimum atomic E-state index is -4.26. The van der Waals surface area contributed by atoms with Crippen molar-refractivity contribution in [3.63, 3.8) is 0 Å². The van der Waals surface area contributed by atoms with Crippen LogP contribution in [0.4, 0.5) is 17.6 Å². The van der Waals surface area contributed by atoms with Crippen molar-refractivity contribution in [3.8, 4) is 11.1 Å². The zero-order valence-electron chi connectivity index (χ0n) is 18.0. The second-order valence-corrected chi connectivity index (χ2v) is 8.35. The van der Waals surface area contributed by atoms with Crippen LogP contribution in [0.1, 0.15) is 28.7 Å². The number of hydrogen-bond acceptors (Lipinski definition) is 0. The molecular formula is C28H24F4. The molecular weight excluding hydrogens is 412 g/mol. The van der Waals surface area contributed by atoms with E-state index in [0.717, 1.165) is 34.4 Å². The van der Waals surface area contributed by atoms with E-state index in [2.05, 4.69) is 0 Å². The summed E-state index contributed by atoms with van der Waals surface area (Å²) < 4.78 is 59.3. The maximum absolute atomic E-state index is 14.8. The van der Waals surface area contributed by atoms with Gasteiger partial charge in [-0.15, -0.1) is 0 Å². The summed E-state index contributed by atoms with van der Waals surface area (Å²) >= 11 is 0. The van der Waals surface area contributed by atoms with E-state index >= 15 is 0 Å². The van der Waals surface area contributed by atoms with Gasteiger partial charge in [-0.1, -0.05) is 96.1 Å². The van der Waals surface area contributed by atoms with Gasteiger partial charge in [0, 0.05) is 11.1 Å². The molecule has 164 valence electrons. The van der Waals surface area contributed by atoms with Gasteiger partial charge in [0.2, 0.25) is 0 Å². The molecule has 1 aliphatic rings. The number of aryl methyl sites for hydroxylation is 3. The zero-order chi connectivity index (χ0) is 22.9. The van der Waals surface area contributed by atoms with Gasteiger partial charge in [0.15, 0.2) is 0 Å². The highest BCUT2D eigenvalue weighted by Gasteiger charge is 2.61. The third kappa shape index (κ3) is 4.14. The second-order valence-electron chi connectivity index (χ2n) is 8.35. The summed E-state index contributed by atoms with van der Waals surface area (Å²) in [6.07, 6.45) is 2.43. The van der Waals surface area contributed by atoms with E-state index in [1.165, 1.54) is 17.7 Å². The average Bonchev–Trinajstić information content (AvgIpc) is 2.77. The van der Waals surface area contributed by atoms with Crippen molar-refractivity contribution in [2.75, 3.05) is 0 Å². The molecule has 3 aromatic carbocycles. The summed E-state index contributed by atoms with van der Waals surface area (Å²) in [6.45, 7) is 3.84. The molecule has 0 bridgehead atoms. The van der Waals surface area contributed by atoms with Crippen LogP contribution in [0.2, 0.25) is 0 Å². The number of rotatable bonds is 5. The van der Waals surface area contributed by atoms with Crippen LogP contribution in [0.3, 0.4) is 0 Å². The number of hydrogen-bond donors (Lipinski definition) is 0. The summed E-state index contributed by atoms with van der Waals surface area (Å²) in [5.41, 5.74) is 3.89. The molecule has 0 fully saturated rings. The highest BCUT2D eigenvalue weighted by atomic mass is 19.3. The molecule has 0 saturated carbocycles. The van der Waals surface area contributed by atoms with E-state index in [9.17, 15) is 17.6 Å². The minimum absolute atomic E-state index is 0.113. The van der Waals surface area contributed by atoms with Crippen LogP contribution in [-0.2, 0) is 6.42 Å². The molecule has 0 amide bonds. The molecule has 0 unspecified atom stereocenters. The SMILES string of the molecule is Cc1ccc(C2=CC=C(CCc3ccc(-c4ccc(C)cc4)cc3)C(F)(F)C2(F)F)cc1. The van der Waals surface area contributed by atoms with Crippen molar-refractivity contribution < 1.29 is 17.6 Å². The molecule has 0 radical (unpaired) electrons. The Bertz CT molecular complexity index is 1150. The third-order valence-electron chi connectivity index (χ3n) is 5.97. The quantitative estimate of drug-likeness (QED) is 0.354. The molecule has 0 saturated heterocycles. The molecule has 0 heterocycles. The van der Waals surface area contributed by atoms with E-state index in [1.54, 1.807) is 12.1 Å². The maximum atomic E-state index is 14.8. The van der Waals surface area contributed by atoms with Gasteiger partial charge in [-0.25, -0.2) is 0 Å². The van der Waals surface area contributed by atoms with E-state index in [4.69, 9.17) is 0 Å². The molecule has 1 aliphatic carbocycles. The number of allylic oxidation sites excluding steroid dienone is 4. The molecule has 4 rings (SSSR count). The summed E-state index contributed by atoms with van der Waals surface area (Å²) in [5.74, 6) is -8.49. The lowest BCUT2D eigenvalue weighted by atomic mass is 9.84. The van der Waals surface area contributed by atoms with Crippen LogP contribution < -0.4 is 0 Å². The lowest BCUT2D eigenvalue weighted by Crippen LogP contribution is -2.44. The highest BCUT2D eigenvalue weighted by molar-refractivity contribution is 5.76. The molecule has 4 heteroatoms. The van der Waals surface area contributed by atoms with Crippen LogP contribution >= 0.6 is 0 Å². The second kappa shape index (κ2) is 8.42. The first-order valence-corrected chi connectivity index (χ1v) is 10.6. The molecule has 0 spiro atoms. The van der Waals surface area contributed by atoms with Crippen molar-refractivity contribution in [3.05, 3.63) is 113 Å². The van der Waals surface area contributed by atoms with Gasteiger partial charge in [0.1, 0.15) is 0 Å². The fraction of sp³-hybridized carbons (Fsp3) is 0.214. The molecule has 0 atom stereocenters. The largest absolute Gasteiger partial charge is 0.339 e. The van der Waals surface area contributed by atoms with Crippen molar-refractivity contribution in [1.29, 1.82) is 0 Å². The highest BCUT2D eigenvalue weighted by Crippen LogP contribution is 2.51. The Balaban J connectivity index is 1.52. The predicted molar refractivity (Wildman–Crippen MR) is 122 cm³/mol. The molecule has 0 N–H and O–H groups in total. The number of alkyl halides is 4. The summed E-state index contributed by atoms with van der Waals surface area (Å²) in [6, 6.07) is 21.9. The lowest BCUT2D eigenvalue weighted by Gasteiger charge is -2.33. The predicted octanol–water partition coefficient (Wildman–Crippen LogP) is 8.20. The van der Waals surface area contributed by atoms with E-state index in [-0.39, 0.29) is 18.4 Å². The standard InChI is InChI=1S/C28H24F4/c1-19-3-10-22(11-4-19)23-14-7-21(8-15-23)9-16-25-17-18-26(28(31,32)27(25,29)30)24-12-5-20(2)6-13-24/h3-8,10-15,17-18H,9,16H2,1-2H3. The topological polar surface area (TPSA) is 0 Å². The van der Waals surface area contributed by atoms with E-state index < -0.39 is 23.0 Å². The summed E-state index contributed by atoms with van der Waals surface area (Å²) in [7, 11) is 0. The van der Waals surface area contributed by atoms with Crippen LogP contribution in [0.5, 0.6) is 0 Å². The molecule has 32 heavy (non-hydrogen) atoms. The fourth-order valence-corrected chi connectivity index (χ4v) is 3.90. The van der Waals surface area contributed by atoms with Gasteiger partial charge in [0.25, 0.3) is 0 Å². The van der Waals surface area contributed by atoms with Crippen LogP contribution in [0.25, 0.3) is 16.7 Å². The molecule has 3 aromatic rings. The first kappa shape index (κ1) is 22.1. The van der Waals surface area contributed by atoms with Gasteiger partial charge in [-0.2, -0.15) is 17.6 Å². The van der Waals surface area contributed by atoms with Gasteiger partial charge in [0.05, 0.1) is 0 Å². The first-order chi connectivity index (χ1) is 15.2. The Morgan fingerprint density at radius 3 is 1.53 bits per heavy atom.